The number of carbonyl (C=O) groups excluding carboxylic acids is 3. The molecule has 0 aliphatic rings. The summed E-state index contributed by atoms with van der Waals surface area (Å²) in [4.78, 5) is 36.2. The quantitative estimate of drug-likeness (QED) is 0.588. The molecule has 1 rings (SSSR count). The minimum Gasteiger partial charge on any atom is -0.467 e. The lowest BCUT2D eigenvalue weighted by Gasteiger charge is -2.22. The van der Waals surface area contributed by atoms with Gasteiger partial charge in [0.2, 0.25) is 11.8 Å². The zero-order valence-electron chi connectivity index (χ0n) is 15.1. The number of nitrogens with one attached hydrogen (secondary N) is 2. The summed E-state index contributed by atoms with van der Waals surface area (Å²) in [5.41, 5.74) is 6.65. The highest BCUT2D eigenvalue weighted by Gasteiger charge is 2.26. The Balaban J connectivity index is 2.71. The highest BCUT2D eigenvalue weighted by Crippen LogP contribution is 2.05. The second-order valence-electron chi connectivity index (χ2n) is 6.27. The van der Waals surface area contributed by atoms with E-state index in [0.717, 1.165) is 5.56 Å². The summed E-state index contributed by atoms with van der Waals surface area (Å²) in [6.45, 7) is 5.18. The zero-order chi connectivity index (χ0) is 19.0. The lowest BCUT2D eigenvalue weighted by molar-refractivity contribution is -0.145. The fourth-order valence-corrected chi connectivity index (χ4v) is 2.16. The molecule has 138 valence electrons. The van der Waals surface area contributed by atoms with E-state index >= 15 is 0 Å². The van der Waals surface area contributed by atoms with Crippen LogP contribution in [0.15, 0.2) is 30.3 Å². The number of nitrogens with two attached hydrogens (primary N) is 1. The first-order valence-corrected chi connectivity index (χ1v) is 8.24. The molecule has 0 fully saturated rings. The Labute approximate surface area is 148 Å². The smallest absolute Gasteiger partial charge is 0.328 e. The first kappa shape index (κ1) is 20.6. The highest BCUT2D eigenvalue weighted by molar-refractivity contribution is 5.91. The Morgan fingerprint density at radius 1 is 1.04 bits per heavy atom. The molecule has 0 aromatic heterocycles. The number of hydrogen-bond acceptors (Lipinski definition) is 5. The van der Waals surface area contributed by atoms with Crippen molar-refractivity contribution in [2.75, 3.05) is 7.11 Å². The summed E-state index contributed by atoms with van der Waals surface area (Å²) >= 11 is 0. The average molecular weight is 349 g/mol. The summed E-state index contributed by atoms with van der Waals surface area (Å²) in [6, 6.07) is 6.92. The maximum Gasteiger partial charge on any atom is 0.328 e. The van der Waals surface area contributed by atoms with Crippen LogP contribution in [0.1, 0.15) is 26.3 Å². The van der Waals surface area contributed by atoms with E-state index in [1.807, 2.05) is 44.2 Å². The number of carbonyl (C=O) groups is 3. The molecule has 0 heterocycles. The number of benzene rings is 1. The van der Waals surface area contributed by atoms with Crippen molar-refractivity contribution in [2.45, 2.75) is 45.3 Å². The minimum absolute atomic E-state index is 0.0452. The third kappa shape index (κ3) is 6.54. The molecule has 2 amide bonds. The van der Waals surface area contributed by atoms with Crippen molar-refractivity contribution in [3.05, 3.63) is 35.9 Å². The Morgan fingerprint density at radius 3 is 2.16 bits per heavy atom. The second kappa shape index (κ2) is 9.78. The SMILES string of the molecule is COC(=O)[C@H](Cc1ccccc1)NC(=O)[C@H](C)NC(=O)[C@@H](N)C(C)C. The minimum atomic E-state index is -0.835. The molecule has 0 aliphatic heterocycles. The number of esters is 1. The molecular formula is C18H27N3O4. The van der Waals surface area contributed by atoms with Crippen LogP contribution in [0.3, 0.4) is 0 Å². The second-order valence-corrected chi connectivity index (χ2v) is 6.27. The predicted molar refractivity (Wildman–Crippen MR) is 94.5 cm³/mol. The van der Waals surface area contributed by atoms with Crippen molar-refractivity contribution < 1.29 is 19.1 Å². The van der Waals surface area contributed by atoms with Gasteiger partial charge in [-0.3, -0.25) is 9.59 Å². The largest absolute Gasteiger partial charge is 0.467 e. The lowest BCUT2D eigenvalue weighted by atomic mass is 10.0. The van der Waals surface area contributed by atoms with Gasteiger partial charge in [0.25, 0.3) is 0 Å². The summed E-state index contributed by atoms with van der Waals surface area (Å²) in [7, 11) is 1.26. The molecule has 1 aromatic carbocycles. The number of hydrogen-bond donors (Lipinski definition) is 3. The highest BCUT2D eigenvalue weighted by atomic mass is 16.5. The van der Waals surface area contributed by atoms with Gasteiger partial charge in [0.05, 0.1) is 13.2 Å². The monoisotopic (exact) mass is 349 g/mol. The predicted octanol–water partition coefficient (Wildman–Crippen LogP) is 0.375. The van der Waals surface area contributed by atoms with Crippen LogP contribution in [-0.2, 0) is 25.5 Å². The van der Waals surface area contributed by atoms with E-state index in [1.165, 1.54) is 14.0 Å². The zero-order valence-corrected chi connectivity index (χ0v) is 15.1. The van der Waals surface area contributed by atoms with Crippen LogP contribution in [-0.4, -0.2) is 43.0 Å². The van der Waals surface area contributed by atoms with Crippen LogP contribution in [0.4, 0.5) is 0 Å². The van der Waals surface area contributed by atoms with Crippen molar-refractivity contribution >= 4 is 17.8 Å². The van der Waals surface area contributed by atoms with Crippen molar-refractivity contribution in [2.24, 2.45) is 11.7 Å². The number of rotatable bonds is 8. The summed E-state index contributed by atoms with van der Waals surface area (Å²) in [5.74, 6) is -1.48. The van der Waals surface area contributed by atoms with Crippen molar-refractivity contribution in [1.29, 1.82) is 0 Å². The van der Waals surface area contributed by atoms with Crippen LogP contribution < -0.4 is 16.4 Å². The molecule has 0 spiro atoms. The van der Waals surface area contributed by atoms with Crippen molar-refractivity contribution in [3.63, 3.8) is 0 Å². The molecule has 0 aliphatic carbocycles. The fourth-order valence-electron chi connectivity index (χ4n) is 2.16. The Hall–Kier alpha value is -2.41. The normalized spacial score (nSPS) is 14.3. The molecule has 1 aromatic rings. The van der Waals surface area contributed by atoms with E-state index in [1.54, 1.807) is 0 Å². The van der Waals surface area contributed by atoms with Crippen molar-refractivity contribution in [1.82, 2.24) is 10.6 Å². The van der Waals surface area contributed by atoms with E-state index in [2.05, 4.69) is 10.6 Å². The molecule has 0 saturated heterocycles. The van der Waals surface area contributed by atoms with Crippen LogP contribution in [0.2, 0.25) is 0 Å². The molecule has 0 bridgehead atoms. The standard InChI is InChI=1S/C18H27N3O4/c1-11(2)15(19)17(23)20-12(3)16(22)21-14(18(24)25-4)10-13-8-6-5-7-9-13/h5-9,11-12,14-15H,10,19H2,1-4H3,(H,20,23)(H,21,22)/t12-,14-,15-/m0/s1. The van der Waals surface area contributed by atoms with Gasteiger partial charge >= 0.3 is 5.97 Å². The van der Waals surface area contributed by atoms with E-state index in [9.17, 15) is 14.4 Å². The molecule has 25 heavy (non-hydrogen) atoms. The lowest BCUT2D eigenvalue weighted by Crippen LogP contribution is -2.54. The molecule has 7 heteroatoms. The number of ether oxygens (including phenoxy) is 1. The maximum absolute atomic E-state index is 12.3. The Kier molecular flexibility index (Phi) is 8.07. The summed E-state index contributed by atoms with van der Waals surface area (Å²) in [5, 5.41) is 5.18. The molecule has 0 unspecified atom stereocenters. The third-order valence-corrected chi connectivity index (χ3v) is 3.86. The molecule has 4 N–H and O–H groups in total. The molecule has 7 nitrogen and oxygen atoms in total. The van der Waals surface area contributed by atoms with Gasteiger partial charge in [0, 0.05) is 6.42 Å². The molecule has 0 radical (unpaired) electrons. The van der Waals surface area contributed by atoms with Gasteiger partial charge in [0.1, 0.15) is 12.1 Å². The third-order valence-electron chi connectivity index (χ3n) is 3.86. The topological polar surface area (TPSA) is 111 Å². The van der Waals surface area contributed by atoms with Gasteiger partial charge in [0.15, 0.2) is 0 Å². The Bertz CT molecular complexity index is 589. The van der Waals surface area contributed by atoms with E-state index in [-0.39, 0.29) is 5.92 Å². The van der Waals surface area contributed by atoms with Gasteiger partial charge in [-0.15, -0.1) is 0 Å². The summed E-state index contributed by atoms with van der Waals surface area (Å²) in [6.07, 6.45) is 0.297. The first-order chi connectivity index (χ1) is 11.8. The van der Waals surface area contributed by atoms with Crippen LogP contribution in [0, 0.1) is 5.92 Å². The molecule has 3 atom stereocenters. The number of methoxy groups -OCH3 is 1. The number of amides is 2. The first-order valence-electron chi connectivity index (χ1n) is 8.24. The fraction of sp³-hybridized carbons (Fsp3) is 0.500. The van der Waals surface area contributed by atoms with E-state index in [4.69, 9.17) is 10.5 Å². The maximum atomic E-state index is 12.3. The summed E-state index contributed by atoms with van der Waals surface area (Å²) < 4.78 is 4.75. The molecular weight excluding hydrogens is 322 g/mol. The van der Waals surface area contributed by atoms with Gasteiger partial charge < -0.3 is 21.1 Å². The van der Waals surface area contributed by atoms with Gasteiger partial charge in [-0.25, -0.2) is 4.79 Å². The van der Waals surface area contributed by atoms with Crippen LogP contribution in [0.5, 0.6) is 0 Å². The van der Waals surface area contributed by atoms with Gasteiger partial charge in [-0.05, 0) is 18.4 Å². The average Bonchev–Trinajstić information content (AvgIpc) is 2.60. The van der Waals surface area contributed by atoms with Gasteiger partial charge in [-0.1, -0.05) is 44.2 Å². The van der Waals surface area contributed by atoms with Crippen LogP contribution in [0.25, 0.3) is 0 Å². The van der Waals surface area contributed by atoms with Crippen LogP contribution >= 0.6 is 0 Å². The van der Waals surface area contributed by atoms with E-state index < -0.39 is 35.9 Å². The Morgan fingerprint density at radius 2 is 1.64 bits per heavy atom. The van der Waals surface area contributed by atoms with Crippen molar-refractivity contribution in [3.8, 4) is 0 Å². The van der Waals surface area contributed by atoms with E-state index in [0.29, 0.717) is 6.42 Å². The molecule has 0 saturated carbocycles. The van der Waals surface area contributed by atoms with Gasteiger partial charge in [-0.2, -0.15) is 0 Å².